The van der Waals surface area contributed by atoms with Crippen LogP contribution in [0.3, 0.4) is 0 Å². The molecule has 2 aliphatic heterocycles. The molecule has 2 heterocycles. The van der Waals surface area contributed by atoms with E-state index in [1.165, 1.54) is 23.9 Å². The van der Waals surface area contributed by atoms with Crippen LogP contribution in [-0.4, -0.2) is 46.4 Å². The Kier molecular flexibility index (Phi) is 8.10. The van der Waals surface area contributed by atoms with Crippen molar-refractivity contribution in [3.05, 3.63) is 56.5 Å². The molecule has 10 heteroatoms. The normalized spacial score (nSPS) is 21.5. The maximum atomic E-state index is 13.3. The number of carbonyl (C=O) groups excluding carboxylic acids is 2. The fraction of sp³-hybridized carbons (Fsp3) is 0.375. The maximum absolute atomic E-state index is 13.3. The molecule has 0 bridgehead atoms. The summed E-state index contributed by atoms with van der Waals surface area (Å²) in [7, 11) is 0. The molecule has 1 N–H and O–H groups in total. The van der Waals surface area contributed by atoms with Gasteiger partial charge in [0.25, 0.3) is 0 Å². The van der Waals surface area contributed by atoms with E-state index in [-0.39, 0.29) is 34.4 Å². The Morgan fingerprint density at radius 2 is 1.94 bits per heavy atom. The van der Waals surface area contributed by atoms with Crippen molar-refractivity contribution in [2.45, 2.75) is 44.5 Å². The molecular weight excluding hydrogens is 517 g/mol. The highest BCUT2D eigenvalue weighted by atomic mass is 35.5. The molecule has 2 aromatic carbocycles. The smallest absolute Gasteiger partial charge is 0.242 e. The van der Waals surface area contributed by atoms with Crippen LogP contribution in [-0.2, 0) is 14.3 Å². The summed E-state index contributed by atoms with van der Waals surface area (Å²) in [5.41, 5.74) is 3.25. The Labute approximate surface area is 218 Å². The van der Waals surface area contributed by atoms with E-state index in [2.05, 4.69) is 5.32 Å². The van der Waals surface area contributed by atoms with E-state index in [9.17, 15) is 9.59 Å². The highest BCUT2D eigenvalue weighted by molar-refractivity contribution is 8.15. The van der Waals surface area contributed by atoms with E-state index in [4.69, 9.17) is 44.5 Å². The van der Waals surface area contributed by atoms with Gasteiger partial charge in [-0.05, 0) is 56.0 Å². The summed E-state index contributed by atoms with van der Waals surface area (Å²) in [5, 5.41) is 3.55. The van der Waals surface area contributed by atoms with Crippen molar-refractivity contribution in [3.8, 4) is 0 Å². The topological polar surface area (TPSA) is 71.0 Å². The first-order valence-electron chi connectivity index (χ1n) is 10.9. The van der Waals surface area contributed by atoms with Gasteiger partial charge in [-0.25, -0.2) is 4.99 Å². The van der Waals surface area contributed by atoms with E-state index in [0.717, 1.165) is 29.7 Å². The number of halogens is 3. The lowest BCUT2D eigenvalue weighted by Crippen LogP contribution is -2.38. The van der Waals surface area contributed by atoms with Gasteiger partial charge in [0.15, 0.2) is 5.17 Å². The third kappa shape index (κ3) is 5.89. The number of aryl methyl sites for hydroxylation is 2. The molecule has 2 unspecified atom stereocenters. The summed E-state index contributed by atoms with van der Waals surface area (Å²) < 4.78 is 5.76. The molecule has 0 saturated carbocycles. The zero-order chi connectivity index (χ0) is 24.4. The number of anilines is 1. The Bertz CT molecular complexity index is 1150. The molecule has 34 heavy (non-hydrogen) atoms. The minimum absolute atomic E-state index is 0.0315. The lowest BCUT2D eigenvalue weighted by molar-refractivity contribution is -0.129. The standard InChI is InChI=1S/C24H24Cl3N3O3S/c1-13-5-6-14(2)19(8-13)29-24-30(12-15-4-3-7-33-15)23(32)21(34-24)11-22(31)28-20-10-17(26)16(25)9-18(20)27/h5-6,8-10,15,21H,3-4,7,11-12H2,1-2H3,(H,28,31). The molecule has 0 aliphatic carbocycles. The summed E-state index contributed by atoms with van der Waals surface area (Å²) in [6.07, 6.45) is 1.80. The number of ether oxygens (including phenoxy) is 1. The molecule has 2 atom stereocenters. The summed E-state index contributed by atoms with van der Waals surface area (Å²) in [5.74, 6) is -0.504. The zero-order valence-electron chi connectivity index (χ0n) is 18.7. The monoisotopic (exact) mass is 539 g/mol. The second-order valence-electron chi connectivity index (χ2n) is 8.37. The van der Waals surface area contributed by atoms with Crippen LogP contribution in [0.25, 0.3) is 0 Å². The van der Waals surface area contributed by atoms with Gasteiger partial charge in [-0.1, -0.05) is 58.7 Å². The van der Waals surface area contributed by atoms with Crippen molar-refractivity contribution < 1.29 is 14.3 Å². The molecule has 0 aromatic heterocycles. The van der Waals surface area contributed by atoms with Crippen molar-refractivity contribution >= 4 is 74.9 Å². The maximum Gasteiger partial charge on any atom is 0.242 e. The first-order valence-corrected chi connectivity index (χ1v) is 12.9. The van der Waals surface area contributed by atoms with Crippen LogP contribution in [0.2, 0.25) is 15.1 Å². The predicted octanol–water partition coefficient (Wildman–Crippen LogP) is 6.40. The summed E-state index contributed by atoms with van der Waals surface area (Å²) >= 11 is 19.5. The van der Waals surface area contributed by atoms with E-state index >= 15 is 0 Å². The first-order chi connectivity index (χ1) is 16.2. The quantitative estimate of drug-likeness (QED) is 0.430. The van der Waals surface area contributed by atoms with Gasteiger partial charge in [-0.15, -0.1) is 0 Å². The fourth-order valence-corrected chi connectivity index (χ4v) is 5.57. The number of thioether (sulfide) groups is 1. The molecule has 0 spiro atoms. The molecule has 2 amide bonds. The summed E-state index contributed by atoms with van der Waals surface area (Å²) in [6.45, 7) is 5.10. The van der Waals surface area contributed by atoms with Crippen LogP contribution >= 0.6 is 46.6 Å². The highest BCUT2D eigenvalue weighted by Gasteiger charge is 2.40. The van der Waals surface area contributed by atoms with E-state index < -0.39 is 5.25 Å². The Balaban J connectivity index is 1.54. The van der Waals surface area contributed by atoms with Crippen molar-refractivity contribution in [2.24, 2.45) is 4.99 Å². The fourth-order valence-electron chi connectivity index (χ4n) is 3.82. The first kappa shape index (κ1) is 25.3. The Morgan fingerprint density at radius 1 is 1.18 bits per heavy atom. The lowest BCUT2D eigenvalue weighted by atomic mass is 10.1. The number of benzene rings is 2. The molecule has 2 fully saturated rings. The highest BCUT2D eigenvalue weighted by Crippen LogP contribution is 2.35. The number of nitrogens with zero attached hydrogens (tertiary/aromatic N) is 2. The van der Waals surface area contributed by atoms with Gasteiger partial charge in [-0.2, -0.15) is 0 Å². The number of carbonyl (C=O) groups is 2. The number of hydrogen-bond donors (Lipinski definition) is 1. The second-order valence-corrected chi connectivity index (χ2v) is 10.8. The molecular formula is C24H24Cl3N3O3S. The van der Waals surface area contributed by atoms with Crippen molar-refractivity contribution in [2.75, 3.05) is 18.5 Å². The number of amides is 2. The van der Waals surface area contributed by atoms with Crippen molar-refractivity contribution in [1.29, 1.82) is 0 Å². The molecule has 180 valence electrons. The van der Waals surface area contributed by atoms with E-state index in [0.29, 0.717) is 29.0 Å². The van der Waals surface area contributed by atoms with Gasteiger partial charge in [0.1, 0.15) is 5.25 Å². The third-order valence-corrected chi connectivity index (χ3v) is 7.88. The molecule has 0 radical (unpaired) electrons. The average molecular weight is 541 g/mol. The van der Waals surface area contributed by atoms with Crippen LogP contribution in [0.1, 0.15) is 30.4 Å². The molecule has 4 rings (SSSR count). The van der Waals surface area contributed by atoms with Crippen LogP contribution in [0.5, 0.6) is 0 Å². The summed E-state index contributed by atoms with van der Waals surface area (Å²) in [6, 6.07) is 8.98. The predicted molar refractivity (Wildman–Crippen MR) is 140 cm³/mol. The van der Waals surface area contributed by atoms with Gasteiger partial charge in [-0.3, -0.25) is 14.5 Å². The average Bonchev–Trinajstić information content (AvgIpc) is 3.39. The van der Waals surface area contributed by atoms with Crippen molar-refractivity contribution in [1.82, 2.24) is 4.90 Å². The van der Waals surface area contributed by atoms with Crippen LogP contribution in [0.4, 0.5) is 11.4 Å². The van der Waals surface area contributed by atoms with Gasteiger partial charge < -0.3 is 10.1 Å². The minimum Gasteiger partial charge on any atom is -0.376 e. The van der Waals surface area contributed by atoms with Crippen molar-refractivity contribution in [3.63, 3.8) is 0 Å². The van der Waals surface area contributed by atoms with E-state index in [1.54, 1.807) is 4.90 Å². The Morgan fingerprint density at radius 3 is 2.68 bits per heavy atom. The molecule has 2 aromatic rings. The van der Waals surface area contributed by atoms with Crippen LogP contribution in [0, 0.1) is 13.8 Å². The molecule has 2 aliphatic rings. The van der Waals surface area contributed by atoms with Crippen LogP contribution < -0.4 is 5.32 Å². The summed E-state index contributed by atoms with van der Waals surface area (Å²) in [4.78, 5) is 32.6. The SMILES string of the molecule is Cc1ccc(C)c(N=C2SC(CC(=O)Nc3cc(Cl)c(Cl)cc3Cl)C(=O)N2CC2CCCO2)c1. The number of nitrogens with one attached hydrogen (secondary N) is 1. The Hall–Kier alpha value is -1.77. The second kappa shape index (κ2) is 10.9. The minimum atomic E-state index is -0.605. The largest absolute Gasteiger partial charge is 0.376 e. The number of amidine groups is 1. The van der Waals surface area contributed by atoms with Gasteiger partial charge in [0, 0.05) is 13.0 Å². The van der Waals surface area contributed by atoms with Crippen LogP contribution in [0.15, 0.2) is 35.3 Å². The van der Waals surface area contributed by atoms with Gasteiger partial charge in [0.2, 0.25) is 11.8 Å². The third-order valence-electron chi connectivity index (χ3n) is 5.67. The van der Waals surface area contributed by atoms with Gasteiger partial charge in [0.05, 0.1) is 39.1 Å². The number of aliphatic imine (C=N–C) groups is 1. The van der Waals surface area contributed by atoms with Gasteiger partial charge >= 0.3 is 0 Å². The van der Waals surface area contributed by atoms with E-state index in [1.807, 2.05) is 32.0 Å². The lowest BCUT2D eigenvalue weighted by Gasteiger charge is -2.20. The number of rotatable bonds is 6. The number of hydrogen-bond acceptors (Lipinski definition) is 5. The molecule has 6 nitrogen and oxygen atoms in total. The molecule has 2 saturated heterocycles. The zero-order valence-corrected chi connectivity index (χ0v) is 21.8.